The second-order valence-electron chi connectivity index (χ2n) is 7.50. The molecule has 0 saturated carbocycles. The van der Waals surface area contributed by atoms with E-state index in [4.69, 9.17) is 4.74 Å². The number of hydrogen-bond acceptors (Lipinski definition) is 3. The van der Waals surface area contributed by atoms with Crippen LogP contribution in [-0.4, -0.2) is 43.0 Å². The van der Waals surface area contributed by atoms with Gasteiger partial charge in [0.05, 0.1) is 7.11 Å². The largest absolute Gasteiger partial charge is 0.496 e. The molecular formula is C21H32N2O3. The molecule has 0 aliphatic carbocycles. The van der Waals surface area contributed by atoms with Crippen molar-refractivity contribution in [2.75, 3.05) is 20.2 Å². The van der Waals surface area contributed by atoms with E-state index in [1.165, 1.54) is 0 Å². The van der Waals surface area contributed by atoms with Crippen LogP contribution < -0.4 is 10.1 Å². The van der Waals surface area contributed by atoms with Crippen molar-refractivity contribution in [3.05, 3.63) is 29.8 Å². The Morgan fingerprint density at radius 3 is 2.69 bits per heavy atom. The van der Waals surface area contributed by atoms with Crippen molar-refractivity contribution in [2.24, 2.45) is 5.41 Å². The van der Waals surface area contributed by atoms with Gasteiger partial charge in [-0.1, -0.05) is 25.1 Å². The highest BCUT2D eigenvalue weighted by atomic mass is 16.5. The zero-order valence-corrected chi connectivity index (χ0v) is 16.5. The summed E-state index contributed by atoms with van der Waals surface area (Å²) in [6, 6.07) is 8.03. The average Bonchev–Trinajstić information content (AvgIpc) is 2.67. The molecule has 2 amide bonds. The van der Waals surface area contributed by atoms with E-state index in [9.17, 15) is 9.59 Å². The zero-order valence-electron chi connectivity index (χ0n) is 16.5. The fourth-order valence-corrected chi connectivity index (χ4v) is 3.59. The molecule has 0 aromatic heterocycles. The molecule has 1 aromatic rings. The van der Waals surface area contributed by atoms with Crippen molar-refractivity contribution >= 4 is 11.8 Å². The second kappa shape index (κ2) is 9.06. The predicted molar refractivity (Wildman–Crippen MR) is 103 cm³/mol. The minimum Gasteiger partial charge on any atom is -0.496 e. The molecule has 1 fully saturated rings. The average molecular weight is 360 g/mol. The van der Waals surface area contributed by atoms with Crippen molar-refractivity contribution in [1.29, 1.82) is 0 Å². The van der Waals surface area contributed by atoms with Crippen molar-refractivity contribution < 1.29 is 14.3 Å². The van der Waals surface area contributed by atoms with Gasteiger partial charge in [0, 0.05) is 19.1 Å². The molecule has 1 aliphatic heterocycles. The molecule has 1 aliphatic rings. The first-order chi connectivity index (χ1) is 12.4. The van der Waals surface area contributed by atoms with E-state index < -0.39 is 5.41 Å². The van der Waals surface area contributed by atoms with E-state index in [2.05, 4.69) is 12.2 Å². The minimum atomic E-state index is -1.05. The topological polar surface area (TPSA) is 58.6 Å². The number of benzene rings is 1. The van der Waals surface area contributed by atoms with Crippen LogP contribution in [0.4, 0.5) is 0 Å². The highest BCUT2D eigenvalue weighted by molar-refractivity contribution is 6.04. The summed E-state index contributed by atoms with van der Waals surface area (Å²) in [5.41, 5.74) is -0.00700. The third-order valence-corrected chi connectivity index (χ3v) is 5.33. The van der Waals surface area contributed by atoms with E-state index in [1.807, 2.05) is 29.2 Å². The van der Waals surface area contributed by atoms with E-state index in [0.717, 1.165) is 43.5 Å². The lowest BCUT2D eigenvalue weighted by Gasteiger charge is -2.39. The molecule has 2 rings (SSSR count). The number of nitrogens with one attached hydrogen (secondary N) is 1. The van der Waals surface area contributed by atoms with Gasteiger partial charge in [-0.3, -0.25) is 9.59 Å². The Kier molecular flexibility index (Phi) is 7.06. The number of amides is 2. The molecule has 5 nitrogen and oxygen atoms in total. The number of likely N-dealkylation sites (tertiary alicyclic amines) is 1. The summed E-state index contributed by atoms with van der Waals surface area (Å²) in [7, 11) is 1.64. The zero-order chi connectivity index (χ0) is 19.2. The lowest BCUT2D eigenvalue weighted by Crippen LogP contribution is -2.54. The van der Waals surface area contributed by atoms with Crippen molar-refractivity contribution in [2.45, 2.75) is 58.9 Å². The van der Waals surface area contributed by atoms with Crippen molar-refractivity contribution in [3.8, 4) is 5.75 Å². The first kappa shape index (κ1) is 20.3. The van der Waals surface area contributed by atoms with Gasteiger partial charge in [0.25, 0.3) is 0 Å². The van der Waals surface area contributed by atoms with Crippen molar-refractivity contribution in [1.82, 2.24) is 10.2 Å². The number of carbonyl (C=O) groups excluding carboxylic acids is 2. The molecule has 144 valence electrons. The Labute approximate surface area is 157 Å². The lowest BCUT2D eigenvalue weighted by molar-refractivity contribution is -0.151. The molecule has 0 radical (unpaired) electrons. The van der Waals surface area contributed by atoms with Gasteiger partial charge in [-0.05, 0) is 57.6 Å². The monoisotopic (exact) mass is 360 g/mol. The highest BCUT2D eigenvalue weighted by Gasteiger charge is 2.41. The SMILES string of the molecule is CCC1CCCCN1C(=O)C(C)(C)C(=O)NCCc1ccccc1OC. The Morgan fingerprint density at radius 2 is 2.00 bits per heavy atom. The van der Waals surface area contributed by atoms with Crippen LogP contribution in [0.5, 0.6) is 5.75 Å². The van der Waals surface area contributed by atoms with E-state index in [1.54, 1.807) is 21.0 Å². The van der Waals surface area contributed by atoms with Gasteiger partial charge in [0.15, 0.2) is 0 Å². The summed E-state index contributed by atoms with van der Waals surface area (Å²) >= 11 is 0. The smallest absolute Gasteiger partial charge is 0.237 e. The fourth-order valence-electron chi connectivity index (χ4n) is 3.59. The summed E-state index contributed by atoms with van der Waals surface area (Å²) in [5.74, 6) is 0.549. The Balaban J connectivity index is 1.95. The number of hydrogen-bond donors (Lipinski definition) is 1. The van der Waals surface area contributed by atoms with Crippen LogP contribution in [0.25, 0.3) is 0 Å². The summed E-state index contributed by atoms with van der Waals surface area (Å²) in [4.78, 5) is 27.6. The second-order valence-corrected chi connectivity index (χ2v) is 7.50. The quantitative estimate of drug-likeness (QED) is 0.760. The number of piperidine rings is 1. The maximum absolute atomic E-state index is 13.0. The Hall–Kier alpha value is -2.04. The van der Waals surface area contributed by atoms with Crippen LogP contribution in [-0.2, 0) is 16.0 Å². The van der Waals surface area contributed by atoms with Crippen LogP contribution >= 0.6 is 0 Å². The standard InChI is InChI=1S/C21H32N2O3/c1-5-17-11-8-9-15-23(17)20(25)21(2,3)19(24)22-14-13-16-10-6-7-12-18(16)26-4/h6-7,10,12,17H,5,8-9,11,13-15H2,1-4H3,(H,22,24). The third-order valence-electron chi connectivity index (χ3n) is 5.33. The van der Waals surface area contributed by atoms with Gasteiger partial charge in [-0.2, -0.15) is 0 Å². The van der Waals surface area contributed by atoms with Crippen LogP contribution in [0, 0.1) is 5.41 Å². The van der Waals surface area contributed by atoms with E-state index in [0.29, 0.717) is 13.0 Å². The van der Waals surface area contributed by atoms with Gasteiger partial charge in [0.2, 0.25) is 11.8 Å². The van der Waals surface area contributed by atoms with Crippen LogP contribution in [0.15, 0.2) is 24.3 Å². The molecule has 1 heterocycles. The number of nitrogens with zero attached hydrogens (tertiary/aromatic N) is 1. The summed E-state index contributed by atoms with van der Waals surface area (Å²) in [6.07, 6.45) is 4.83. The molecule has 1 atom stereocenters. The normalized spacial score (nSPS) is 17.7. The van der Waals surface area contributed by atoms with Crippen LogP contribution in [0.3, 0.4) is 0 Å². The molecule has 0 bridgehead atoms. The molecule has 1 saturated heterocycles. The first-order valence-electron chi connectivity index (χ1n) is 9.63. The minimum absolute atomic E-state index is 0.0566. The number of carbonyl (C=O) groups is 2. The van der Waals surface area contributed by atoms with E-state index >= 15 is 0 Å². The molecular weight excluding hydrogens is 328 g/mol. The number of ether oxygens (including phenoxy) is 1. The Bertz CT molecular complexity index is 627. The van der Waals surface area contributed by atoms with Gasteiger partial charge < -0.3 is 15.0 Å². The van der Waals surface area contributed by atoms with Gasteiger partial charge >= 0.3 is 0 Å². The number of methoxy groups -OCH3 is 1. The van der Waals surface area contributed by atoms with Gasteiger partial charge in [0.1, 0.15) is 11.2 Å². The summed E-state index contributed by atoms with van der Waals surface area (Å²) in [6.45, 7) is 6.81. The van der Waals surface area contributed by atoms with Gasteiger partial charge in [-0.15, -0.1) is 0 Å². The van der Waals surface area contributed by atoms with Crippen LogP contribution in [0.2, 0.25) is 0 Å². The first-order valence-corrected chi connectivity index (χ1v) is 9.63. The number of rotatable bonds is 7. The van der Waals surface area contributed by atoms with Crippen LogP contribution in [0.1, 0.15) is 52.0 Å². The fraction of sp³-hybridized carbons (Fsp3) is 0.619. The predicted octanol–water partition coefficient (Wildman–Crippen LogP) is 3.17. The molecule has 5 heteroatoms. The van der Waals surface area contributed by atoms with E-state index in [-0.39, 0.29) is 17.9 Å². The number of para-hydroxylation sites is 1. The molecule has 1 unspecified atom stereocenters. The molecule has 1 N–H and O–H groups in total. The lowest BCUT2D eigenvalue weighted by atomic mass is 9.87. The maximum atomic E-state index is 13.0. The van der Waals surface area contributed by atoms with Crippen molar-refractivity contribution in [3.63, 3.8) is 0 Å². The summed E-state index contributed by atoms with van der Waals surface area (Å²) < 4.78 is 5.34. The maximum Gasteiger partial charge on any atom is 0.237 e. The Morgan fingerprint density at radius 1 is 1.27 bits per heavy atom. The third kappa shape index (κ3) is 4.57. The molecule has 26 heavy (non-hydrogen) atoms. The highest BCUT2D eigenvalue weighted by Crippen LogP contribution is 2.27. The molecule has 1 aromatic carbocycles. The summed E-state index contributed by atoms with van der Waals surface area (Å²) in [5, 5.41) is 2.93. The van der Waals surface area contributed by atoms with Gasteiger partial charge in [-0.25, -0.2) is 0 Å². The molecule has 0 spiro atoms.